The number of allylic oxidation sites excluding steroid dienone is 2. The summed E-state index contributed by atoms with van der Waals surface area (Å²) in [6.07, 6.45) is 9.59. The molecule has 3 unspecified atom stereocenters. The van der Waals surface area contributed by atoms with Gasteiger partial charge in [-0.05, 0) is 56.7 Å². The van der Waals surface area contributed by atoms with Crippen LogP contribution >= 0.6 is 35.0 Å². The van der Waals surface area contributed by atoms with Crippen molar-refractivity contribution < 1.29 is 19.5 Å². The number of hydrogen-bond acceptors (Lipinski definition) is 6. The Balaban J connectivity index is 1.57. The van der Waals surface area contributed by atoms with Crippen LogP contribution in [0.1, 0.15) is 85.0 Å². The van der Waals surface area contributed by atoms with Crippen LogP contribution in [0.15, 0.2) is 34.7 Å². The summed E-state index contributed by atoms with van der Waals surface area (Å²) in [5, 5.41) is 17.3. The molecule has 1 N–H and O–H groups in total. The number of hydrogen-bond donors (Lipinski definition) is 1. The molecule has 36 heavy (non-hydrogen) atoms. The number of ether oxygens (including phenoxy) is 1. The Bertz CT molecular complexity index is 925. The number of thioether (sulfide) groups is 1. The average molecular weight is 557 g/mol. The molecule has 8 heteroatoms. The van der Waals surface area contributed by atoms with Crippen LogP contribution in [-0.4, -0.2) is 39.8 Å². The van der Waals surface area contributed by atoms with E-state index in [1.165, 1.54) is 32.1 Å². The number of aliphatic hydroxyl groups is 1. The van der Waals surface area contributed by atoms with Gasteiger partial charge in [-0.2, -0.15) is 11.8 Å². The van der Waals surface area contributed by atoms with Gasteiger partial charge in [0.15, 0.2) is 12.4 Å². The summed E-state index contributed by atoms with van der Waals surface area (Å²) < 4.78 is 5.82. The largest absolute Gasteiger partial charge is 0.511 e. The summed E-state index contributed by atoms with van der Waals surface area (Å²) in [7, 11) is 0. The molecule has 0 spiro atoms. The Morgan fingerprint density at radius 1 is 1.14 bits per heavy atom. The van der Waals surface area contributed by atoms with Crippen LogP contribution in [0.5, 0.6) is 5.75 Å². The molecule has 3 rings (SSSR count). The van der Waals surface area contributed by atoms with Crippen molar-refractivity contribution in [2.24, 2.45) is 11.1 Å². The summed E-state index contributed by atoms with van der Waals surface area (Å²) in [5.41, 5.74) is 0.858. The number of halogens is 2. The standard InChI is InChI=1S/C28H39Cl2NO4S/c1-4-8-25(31-34-17-18(2)35-23-15-21(29)14-22(30)16-23)28-26(32)12-20(13-27(28)33)11-19(3)36-24-9-6-5-7-10-24/h14-16,18-20,24,32H,4-13,17H2,1-3H3/b31-25+. The smallest absolute Gasteiger partial charge is 0.168 e. The number of benzene rings is 1. The van der Waals surface area contributed by atoms with Gasteiger partial charge in [0.25, 0.3) is 0 Å². The molecule has 1 saturated carbocycles. The van der Waals surface area contributed by atoms with Crippen LogP contribution in [-0.2, 0) is 9.63 Å². The van der Waals surface area contributed by atoms with Crippen molar-refractivity contribution in [2.45, 2.75) is 102 Å². The lowest BCUT2D eigenvalue weighted by molar-refractivity contribution is -0.116. The quantitative estimate of drug-likeness (QED) is 0.206. The van der Waals surface area contributed by atoms with Gasteiger partial charge in [-0.3, -0.25) is 4.79 Å². The second kappa shape index (κ2) is 14.5. The van der Waals surface area contributed by atoms with Gasteiger partial charge >= 0.3 is 0 Å². The number of Topliss-reactive ketones (excluding diaryl/α,β-unsaturated/α-hetero) is 1. The highest BCUT2D eigenvalue weighted by Gasteiger charge is 2.32. The maximum absolute atomic E-state index is 13.1. The molecule has 0 radical (unpaired) electrons. The molecule has 2 aliphatic rings. The highest BCUT2D eigenvalue weighted by atomic mass is 35.5. The van der Waals surface area contributed by atoms with E-state index < -0.39 is 0 Å². The van der Waals surface area contributed by atoms with E-state index in [1.807, 2.05) is 13.8 Å². The Kier molecular flexibility index (Phi) is 11.8. The van der Waals surface area contributed by atoms with Crippen LogP contribution in [0.4, 0.5) is 0 Å². The fraction of sp³-hybridized carbons (Fsp3) is 0.643. The molecule has 1 fully saturated rings. The summed E-state index contributed by atoms with van der Waals surface area (Å²) >= 11 is 14.1. The third-order valence-corrected chi connectivity index (χ3v) is 8.55. The van der Waals surface area contributed by atoms with Gasteiger partial charge in [0, 0.05) is 33.4 Å². The van der Waals surface area contributed by atoms with E-state index in [2.05, 4.69) is 23.8 Å². The predicted molar refractivity (Wildman–Crippen MR) is 151 cm³/mol. The monoisotopic (exact) mass is 555 g/mol. The van der Waals surface area contributed by atoms with Gasteiger partial charge in [-0.25, -0.2) is 0 Å². The van der Waals surface area contributed by atoms with Gasteiger partial charge in [-0.1, -0.05) is 67.9 Å². The van der Waals surface area contributed by atoms with E-state index in [4.69, 9.17) is 32.8 Å². The number of ketones is 1. The van der Waals surface area contributed by atoms with Gasteiger partial charge in [0.05, 0.1) is 11.3 Å². The number of oxime groups is 1. The van der Waals surface area contributed by atoms with Gasteiger partial charge in [0.2, 0.25) is 0 Å². The van der Waals surface area contributed by atoms with Crippen molar-refractivity contribution in [1.29, 1.82) is 0 Å². The van der Waals surface area contributed by atoms with E-state index in [0.29, 0.717) is 51.6 Å². The third-order valence-electron chi connectivity index (χ3n) is 6.60. The highest BCUT2D eigenvalue weighted by Crippen LogP contribution is 2.37. The fourth-order valence-corrected chi connectivity index (χ4v) is 7.21. The predicted octanol–water partition coefficient (Wildman–Crippen LogP) is 8.57. The molecule has 200 valence electrons. The Morgan fingerprint density at radius 3 is 2.47 bits per heavy atom. The van der Waals surface area contributed by atoms with Crippen molar-refractivity contribution in [3.05, 3.63) is 39.6 Å². The normalized spacial score (nSPS) is 21.4. The molecule has 0 aliphatic heterocycles. The average Bonchev–Trinajstić information content (AvgIpc) is 2.78. The maximum atomic E-state index is 13.1. The molecular weight excluding hydrogens is 517 g/mol. The highest BCUT2D eigenvalue weighted by molar-refractivity contribution is 8.00. The molecule has 2 aliphatic carbocycles. The first kappa shape index (κ1) is 29.2. The molecule has 0 amide bonds. The zero-order valence-electron chi connectivity index (χ0n) is 21.6. The Hall–Kier alpha value is -1.37. The number of nitrogens with zero attached hydrogens (tertiary/aromatic N) is 1. The minimum Gasteiger partial charge on any atom is -0.511 e. The van der Waals surface area contributed by atoms with Crippen LogP contribution in [0, 0.1) is 5.92 Å². The number of carbonyl (C=O) groups excluding carboxylic acids is 1. The van der Waals surface area contributed by atoms with Crippen molar-refractivity contribution in [3.63, 3.8) is 0 Å². The van der Waals surface area contributed by atoms with Gasteiger partial charge < -0.3 is 14.7 Å². The van der Waals surface area contributed by atoms with E-state index in [0.717, 1.165) is 18.1 Å². The first-order valence-electron chi connectivity index (χ1n) is 13.2. The summed E-state index contributed by atoms with van der Waals surface area (Å²) in [5.74, 6) is 0.840. The molecule has 0 bridgehead atoms. The van der Waals surface area contributed by atoms with E-state index in [1.54, 1.807) is 18.2 Å². The van der Waals surface area contributed by atoms with E-state index in [9.17, 15) is 9.90 Å². The number of rotatable bonds is 12. The zero-order chi connectivity index (χ0) is 26.1. The fourth-order valence-electron chi connectivity index (χ4n) is 5.06. The van der Waals surface area contributed by atoms with Crippen molar-refractivity contribution in [3.8, 4) is 5.75 Å². The zero-order valence-corrected chi connectivity index (χ0v) is 23.9. The third kappa shape index (κ3) is 9.18. The van der Waals surface area contributed by atoms with Gasteiger partial charge in [0.1, 0.15) is 17.6 Å². The Morgan fingerprint density at radius 2 is 1.83 bits per heavy atom. The lowest BCUT2D eigenvalue weighted by atomic mass is 9.82. The summed E-state index contributed by atoms with van der Waals surface area (Å²) in [6, 6.07) is 5.01. The molecule has 0 heterocycles. The van der Waals surface area contributed by atoms with Crippen molar-refractivity contribution in [1.82, 2.24) is 0 Å². The minimum atomic E-state index is -0.316. The second-order valence-electron chi connectivity index (χ2n) is 10.1. The Labute approximate surface area is 230 Å². The van der Waals surface area contributed by atoms with Crippen LogP contribution in [0.3, 0.4) is 0 Å². The molecule has 1 aromatic rings. The van der Waals surface area contributed by atoms with E-state index in [-0.39, 0.29) is 30.2 Å². The van der Waals surface area contributed by atoms with Crippen LogP contribution < -0.4 is 4.74 Å². The molecule has 0 aromatic heterocycles. The maximum Gasteiger partial charge on any atom is 0.168 e. The molecular formula is C28H39Cl2NO4S. The second-order valence-corrected chi connectivity index (χ2v) is 12.7. The van der Waals surface area contributed by atoms with Crippen molar-refractivity contribution in [2.75, 3.05) is 6.61 Å². The van der Waals surface area contributed by atoms with Crippen LogP contribution in [0.25, 0.3) is 0 Å². The molecule has 5 nitrogen and oxygen atoms in total. The first-order chi connectivity index (χ1) is 17.2. The molecule has 1 aromatic carbocycles. The first-order valence-corrected chi connectivity index (χ1v) is 14.9. The lowest BCUT2D eigenvalue weighted by Crippen LogP contribution is -2.27. The molecule has 3 atom stereocenters. The van der Waals surface area contributed by atoms with Crippen molar-refractivity contribution >= 4 is 46.5 Å². The summed E-state index contributed by atoms with van der Waals surface area (Å²) in [6.45, 7) is 6.31. The number of aliphatic hydroxyl groups excluding tert-OH is 1. The summed E-state index contributed by atoms with van der Waals surface area (Å²) in [4.78, 5) is 18.7. The number of carbonyl (C=O) groups is 1. The van der Waals surface area contributed by atoms with E-state index >= 15 is 0 Å². The minimum absolute atomic E-state index is 0.0349. The lowest BCUT2D eigenvalue weighted by Gasteiger charge is -2.29. The topological polar surface area (TPSA) is 68.1 Å². The SMILES string of the molecule is CCC/C(=N\OCC(C)Oc1cc(Cl)cc(Cl)c1)C1=C(O)CC(CC(C)SC2CCCCC2)CC1=O. The molecule has 0 saturated heterocycles. The van der Waals surface area contributed by atoms with Crippen LogP contribution in [0.2, 0.25) is 10.0 Å². The van der Waals surface area contributed by atoms with Gasteiger partial charge in [-0.15, -0.1) is 0 Å².